The van der Waals surface area contributed by atoms with Crippen molar-refractivity contribution >= 4 is 11.8 Å². The highest BCUT2D eigenvalue weighted by Crippen LogP contribution is 2.25. The highest BCUT2D eigenvalue weighted by molar-refractivity contribution is 8.00. The first-order chi connectivity index (χ1) is 4.77. The average Bonchev–Trinajstić information content (AvgIpc) is 1.89. The van der Waals surface area contributed by atoms with E-state index < -0.39 is 0 Å². The van der Waals surface area contributed by atoms with Crippen molar-refractivity contribution in [3.63, 3.8) is 0 Å². The van der Waals surface area contributed by atoms with Gasteiger partial charge in [0, 0.05) is 7.11 Å². The number of thioether (sulfide) groups is 1. The van der Waals surface area contributed by atoms with Gasteiger partial charge in [0.25, 0.3) is 0 Å². The van der Waals surface area contributed by atoms with E-state index in [0.717, 1.165) is 13.2 Å². The molecule has 0 amide bonds. The van der Waals surface area contributed by atoms with Gasteiger partial charge in [-0.1, -0.05) is 0 Å². The second kappa shape index (κ2) is 3.60. The van der Waals surface area contributed by atoms with Gasteiger partial charge in [-0.2, -0.15) is 0 Å². The molecule has 1 aliphatic rings. The molecule has 0 aliphatic carbocycles. The van der Waals surface area contributed by atoms with E-state index in [9.17, 15) is 0 Å². The molecule has 1 aliphatic heterocycles. The molecule has 0 radical (unpaired) electrons. The third-order valence-corrected chi connectivity index (χ3v) is 3.05. The molecule has 60 valence electrons. The number of nitrogens with one attached hydrogen (secondary N) is 1. The van der Waals surface area contributed by atoms with Crippen LogP contribution in [0.1, 0.15) is 13.3 Å². The second-order valence-corrected chi connectivity index (χ2v) is 4.39. The molecule has 3 heteroatoms. The molecule has 1 atom stereocenters. The molecular formula is C7H15NOS. The lowest BCUT2D eigenvalue weighted by Gasteiger charge is -2.33. The SMILES string of the molecule is COCC1(C)NCCCS1. The summed E-state index contributed by atoms with van der Waals surface area (Å²) in [7, 11) is 1.75. The first kappa shape index (κ1) is 8.37. The molecule has 0 aromatic heterocycles. The number of hydrogen-bond acceptors (Lipinski definition) is 3. The smallest absolute Gasteiger partial charge is 0.0852 e. The van der Waals surface area contributed by atoms with Gasteiger partial charge < -0.3 is 10.1 Å². The second-order valence-electron chi connectivity index (χ2n) is 2.79. The zero-order chi connectivity index (χ0) is 7.45. The quantitative estimate of drug-likeness (QED) is 0.654. The van der Waals surface area contributed by atoms with Crippen LogP contribution in [-0.2, 0) is 4.74 Å². The normalized spacial score (nSPS) is 34.2. The first-order valence-corrected chi connectivity index (χ1v) is 4.63. The fraction of sp³-hybridized carbons (Fsp3) is 1.00. The fourth-order valence-corrected chi connectivity index (χ4v) is 2.29. The molecule has 1 unspecified atom stereocenters. The number of hydrogen-bond donors (Lipinski definition) is 1. The lowest BCUT2D eigenvalue weighted by Crippen LogP contribution is -2.46. The van der Waals surface area contributed by atoms with E-state index in [0.29, 0.717) is 0 Å². The summed E-state index contributed by atoms with van der Waals surface area (Å²) in [6.07, 6.45) is 1.28. The minimum absolute atomic E-state index is 0.174. The van der Waals surface area contributed by atoms with Crippen molar-refractivity contribution in [2.45, 2.75) is 18.2 Å². The molecule has 1 rings (SSSR count). The predicted octanol–water partition coefficient (Wildman–Crippen LogP) is 1.08. The molecular weight excluding hydrogens is 146 g/mol. The lowest BCUT2D eigenvalue weighted by molar-refractivity contribution is 0.158. The van der Waals surface area contributed by atoms with Gasteiger partial charge >= 0.3 is 0 Å². The van der Waals surface area contributed by atoms with Gasteiger partial charge in [0.1, 0.15) is 0 Å². The Bertz CT molecular complexity index is 96.3. The number of ether oxygens (including phenoxy) is 1. The first-order valence-electron chi connectivity index (χ1n) is 3.65. The van der Waals surface area contributed by atoms with Gasteiger partial charge in [-0.25, -0.2) is 0 Å². The van der Waals surface area contributed by atoms with Gasteiger partial charge in [-0.15, -0.1) is 11.8 Å². The number of methoxy groups -OCH3 is 1. The maximum atomic E-state index is 5.10. The Hall–Kier alpha value is 0.270. The van der Waals surface area contributed by atoms with Crippen LogP contribution < -0.4 is 5.32 Å². The fourth-order valence-electron chi connectivity index (χ4n) is 1.14. The largest absolute Gasteiger partial charge is 0.382 e. The Labute approximate surface area is 66.7 Å². The van der Waals surface area contributed by atoms with Gasteiger partial charge in [0.15, 0.2) is 0 Å². The predicted molar refractivity (Wildman–Crippen MR) is 45.4 cm³/mol. The van der Waals surface area contributed by atoms with Crippen molar-refractivity contribution in [3.8, 4) is 0 Å². The van der Waals surface area contributed by atoms with Crippen LogP contribution in [0.2, 0.25) is 0 Å². The topological polar surface area (TPSA) is 21.3 Å². The molecule has 1 saturated heterocycles. The van der Waals surface area contributed by atoms with Crippen molar-refractivity contribution in [1.29, 1.82) is 0 Å². The molecule has 1 fully saturated rings. The van der Waals surface area contributed by atoms with E-state index in [1.807, 2.05) is 11.8 Å². The summed E-state index contributed by atoms with van der Waals surface area (Å²) in [4.78, 5) is 0.174. The van der Waals surface area contributed by atoms with Crippen molar-refractivity contribution in [2.75, 3.05) is 26.0 Å². The molecule has 0 saturated carbocycles. The van der Waals surface area contributed by atoms with E-state index in [2.05, 4.69) is 12.2 Å². The molecule has 10 heavy (non-hydrogen) atoms. The lowest BCUT2D eigenvalue weighted by atomic mass is 10.3. The monoisotopic (exact) mass is 161 g/mol. The molecule has 0 aromatic carbocycles. The summed E-state index contributed by atoms with van der Waals surface area (Å²) in [5.74, 6) is 1.26. The van der Waals surface area contributed by atoms with Gasteiger partial charge in [-0.3, -0.25) is 0 Å². The summed E-state index contributed by atoms with van der Waals surface area (Å²) < 4.78 is 5.10. The Balaban J connectivity index is 2.32. The van der Waals surface area contributed by atoms with Crippen molar-refractivity contribution in [1.82, 2.24) is 5.32 Å². The van der Waals surface area contributed by atoms with Gasteiger partial charge in [0.05, 0.1) is 11.5 Å². The minimum Gasteiger partial charge on any atom is -0.382 e. The average molecular weight is 161 g/mol. The Morgan fingerprint density at radius 2 is 2.50 bits per heavy atom. The maximum Gasteiger partial charge on any atom is 0.0852 e. The molecule has 0 aromatic rings. The zero-order valence-corrected chi connectivity index (χ0v) is 7.46. The molecule has 2 nitrogen and oxygen atoms in total. The van der Waals surface area contributed by atoms with Crippen molar-refractivity contribution in [3.05, 3.63) is 0 Å². The Morgan fingerprint density at radius 3 is 3.00 bits per heavy atom. The van der Waals surface area contributed by atoms with Crippen molar-refractivity contribution < 1.29 is 4.74 Å². The highest BCUT2D eigenvalue weighted by atomic mass is 32.2. The summed E-state index contributed by atoms with van der Waals surface area (Å²) in [5.41, 5.74) is 0. The van der Waals surface area contributed by atoms with Crippen LogP contribution in [0.5, 0.6) is 0 Å². The maximum absolute atomic E-state index is 5.10. The van der Waals surface area contributed by atoms with Crippen LogP contribution >= 0.6 is 11.8 Å². The Morgan fingerprint density at radius 1 is 1.70 bits per heavy atom. The highest BCUT2D eigenvalue weighted by Gasteiger charge is 2.26. The molecule has 1 heterocycles. The van der Waals surface area contributed by atoms with Crippen LogP contribution in [-0.4, -0.2) is 30.9 Å². The number of rotatable bonds is 2. The van der Waals surface area contributed by atoms with Gasteiger partial charge in [-0.05, 0) is 25.6 Å². The van der Waals surface area contributed by atoms with Crippen molar-refractivity contribution in [2.24, 2.45) is 0 Å². The van der Waals surface area contributed by atoms with Gasteiger partial charge in [0.2, 0.25) is 0 Å². The molecule has 0 bridgehead atoms. The van der Waals surface area contributed by atoms with E-state index in [1.54, 1.807) is 7.11 Å². The van der Waals surface area contributed by atoms with E-state index in [4.69, 9.17) is 4.74 Å². The molecule has 0 spiro atoms. The third-order valence-electron chi connectivity index (χ3n) is 1.66. The van der Waals surface area contributed by atoms with E-state index in [-0.39, 0.29) is 4.87 Å². The van der Waals surface area contributed by atoms with E-state index >= 15 is 0 Å². The van der Waals surface area contributed by atoms with Crippen LogP contribution in [0.4, 0.5) is 0 Å². The third kappa shape index (κ3) is 2.15. The van der Waals surface area contributed by atoms with E-state index in [1.165, 1.54) is 12.2 Å². The summed E-state index contributed by atoms with van der Waals surface area (Å²) in [6.45, 7) is 4.13. The summed E-state index contributed by atoms with van der Waals surface area (Å²) in [6, 6.07) is 0. The van der Waals surface area contributed by atoms with Crippen LogP contribution in [0.3, 0.4) is 0 Å². The van der Waals surface area contributed by atoms with Crippen LogP contribution in [0.25, 0.3) is 0 Å². The minimum atomic E-state index is 0.174. The summed E-state index contributed by atoms with van der Waals surface area (Å²) in [5, 5.41) is 3.43. The Kier molecular flexibility index (Phi) is 3.01. The zero-order valence-electron chi connectivity index (χ0n) is 6.64. The standard InChI is InChI=1S/C7H15NOS/c1-7(6-9-2)8-4-3-5-10-7/h8H,3-6H2,1-2H3. The van der Waals surface area contributed by atoms with Crippen LogP contribution in [0.15, 0.2) is 0 Å². The summed E-state index contributed by atoms with van der Waals surface area (Å²) >= 11 is 1.95. The van der Waals surface area contributed by atoms with Crippen LogP contribution in [0, 0.1) is 0 Å². The molecule has 1 N–H and O–H groups in total.